The molecule has 0 fully saturated rings. The number of furan rings is 1. The van der Waals surface area contributed by atoms with E-state index in [1.165, 1.54) is 12.3 Å². The Morgan fingerprint density at radius 3 is 2.76 bits per heavy atom. The van der Waals surface area contributed by atoms with Gasteiger partial charge in [0, 0.05) is 16.9 Å². The van der Waals surface area contributed by atoms with Crippen LogP contribution in [-0.4, -0.2) is 0 Å². The topological polar surface area (TPSA) is 51.2 Å². The zero-order valence-corrected chi connectivity index (χ0v) is 8.99. The number of nitrogens with two attached hydrogens (primary N) is 1. The summed E-state index contributed by atoms with van der Waals surface area (Å²) in [6, 6.07) is 7.91. The van der Waals surface area contributed by atoms with Gasteiger partial charge in [0.15, 0.2) is 0 Å². The number of hydrogen-bond donors (Lipinski definition) is 2. The van der Waals surface area contributed by atoms with Gasteiger partial charge in [-0.2, -0.15) is 0 Å². The number of nitrogens with one attached hydrogen (secondary N) is 1. The van der Waals surface area contributed by atoms with Gasteiger partial charge in [-0.3, -0.25) is 0 Å². The predicted octanol–water partition coefficient (Wildman–Crippen LogP) is 3.41. The molecule has 0 aliphatic heterocycles. The smallest absolute Gasteiger partial charge is 0.265 e. The van der Waals surface area contributed by atoms with Crippen molar-refractivity contribution in [2.24, 2.45) is 0 Å². The van der Waals surface area contributed by atoms with Crippen molar-refractivity contribution < 1.29 is 13.2 Å². The largest absolute Gasteiger partial charge is 0.467 e. The average molecular weight is 238 g/mol. The third-order valence-electron chi connectivity index (χ3n) is 2.34. The highest BCUT2D eigenvalue weighted by molar-refractivity contribution is 5.58. The van der Waals surface area contributed by atoms with Crippen molar-refractivity contribution in [2.45, 2.75) is 13.0 Å². The van der Waals surface area contributed by atoms with Crippen LogP contribution in [0.15, 0.2) is 41.0 Å². The Kier molecular flexibility index (Phi) is 3.27. The molecule has 1 heterocycles. The number of halogens is 2. The molecule has 0 aliphatic rings. The van der Waals surface area contributed by atoms with Gasteiger partial charge in [0.1, 0.15) is 5.76 Å². The van der Waals surface area contributed by atoms with E-state index in [4.69, 9.17) is 10.2 Å². The standard InChI is InChI=1S/C12H12F2N2O/c13-12(14)10-6-8(15)3-4-11(10)16-7-9-2-1-5-17-9/h1-6,12,16H,7,15H2. The van der Waals surface area contributed by atoms with Crippen molar-refractivity contribution in [1.29, 1.82) is 0 Å². The number of hydrogen-bond acceptors (Lipinski definition) is 3. The van der Waals surface area contributed by atoms with Crippen LogP contribution >= 0.6 is 0 Å². The summed E-state index contributed by atoms with van der Waals surface area (Å²) in [5, 5.41) is 2.89. The van der Waals surface area contributed by atoms with Crippen LogP contribution in [0.3, 0.4) is 0 Å². The lowest BCUT2D eigenvalue weighted by Gasteiger charge is -2.11. The second-order valence-corrected chi connectivity index (χ2v) is 3.58. The molecule has 0 aliphatic carbocycles. The Bertz CT molecular complexity index is 483. The first kappa shape index (κ1) is 11.4. The van der Waals surface area contributed by atoms with Crippen molar-refractivity contribution in [1.82, 2.24) is 0 Å². The molecule has 2 aromatic rings. The molecule has 5 heteroatoms. The summed E-state index contributed by atoms with van der Waals surface area (Å²) >= 11 is 0. The van der Waals surface area contributed by atoms with Crippen LogP contribution in [0.25, 0.3) is 0 Å². The van der Waals surface area contributed by atoms with Crippen LogP contribution in [0.5, 0.6) is 0 Å². The minimum absolute atomic E-state index is 0.100. The van der Waals surface area contributed by atoms with Crippen molar-refractivity contribution in [2.75, 3.05) is 11.1 Å². The molecule has 17 heavy (non-hydrogen) atoms. The number of alkyl halides is 2. The summed E-state index contributed by atoms with van der Waals surface area (Å²) < 4.78 is 30.6. The van der Waals surface area contributed by atoms with Crippen LogP contribution in [-0.2, 0) is 6.54 Å². The van der Waals surface area contributed by atoms with Crippen LogP contribution in [0.4, 0.5) is 20.2 Å². The molecule has 0 spiro atoms. The number of rotatable bonds is 4. The van der Waals surface area contributed by atoms with E-state index in [2.05, 4.69) is 5.32 Å². The molecule has 0 saturated heterocycles. The van der Waals surface area contributed by atoms with Crippen molar-refractivity contribution in [3.8, 4) is 0 Å². The first-order chi connectivity index (χ1) is 8.16. The predicted molar refractivity (Wildman–Crippen MR) is 61.8 cm³/mol. The first-order valence-corrected chi connectivity index (χ1v) is 5.10. The van der Waals surface area contributed by atoms with E-state index in [0.717, 1.165) is 0 Å². The summed E-state index contributed by atoms with van der Waals surface area (Å²) in [5.41, 5.74) is 6.07. The minimum atomic E-state index is -2.56. The number of benzene rings is 1. The fraction of sp³-hybridized carbons (Fsp3) is 0.167. The van der Waals surface area contributed by atoms with Crippen molar-refractivity contribution in [3.63, 3.8) is 0 Å². The van der Waals surface area contributed by atoms with Gasteiger partial charge < -0.3 is 15.5 Å². The zero-order chi connectivity index (χ0) is 12.3. The lowest BCUT2D eigenvalue weighted by Crippen LogP contribution is -2.02. The fourth-order valence-corrected chi connectivity index (χ4v) is 1.52. The molecule has 1 aromatic carbocycles. The Labute approximate surface area is 97.2 Å². The molecular weight excluding hydrogens is 226 g/mol. The second kappa shape index (κ2) is 4.86. The Hall–Kier alpha value is -2.04. The van der Waals surface area contributed by atoms with E-state index in [1.807, 2.05) is 0 Å². The highest BCUT2D eigenvalue weighted by Crippen LogP contribution is 2.29. The molecule has 3 nitrogen and oxygen atoms in total. The number of anilines is 2. The maximum absolute atomic E-state index is 12.8. The summed E-state index contributed by atoms with van der Waals surface area (Å²) in [5.74, 6) is 0.682. The van der Waals surface area contributed by atoms with Gasteiger partial charge in [-0.05, 0) is 30.3 Å². The van der Waals surface area contributed by atoms with Gasteiger partial charge in [-0.25, -0.2) is 8.78 Å². The zero-order valence-electron chi connectivity index (χ0n) is 8.99. The first-order valence-electron chi connectivity index (χ1n) is 5.10. The minimum Gasteiger partial charge on any atom is -0.467 e. The maximum Gasteiger partial charge on any atom is 0.265 e. The van der Waals surface area contributed by atoms with E-state index >= 15 is 0 Å². The Morgan fingerprint density at radius 1 is 1.29 bits per heavy atom. The lowest BCUT2D eigenvalue weighted by molar-refractivity contribution is 0.152. The van der Waals surface area contributed by atoms with Crippen molar-refractivity contribution in [3.05, 3.63) is 47.9 Å². The van der Waals surface area contributed by atoms with Gasteiger partial charge >= 0.3 is 0 Å². The molecule has 1 aromatic heterocycles. The lowest BCUT2D eigenvalue weighted by atomic mass is 10.1. The molecular formula is C12H12F2N2O. The maximum atomic E-state index is 12.8. The molecule has 0 unspecified atom stereocenters. The highest BCUT2D eigenvalue weighted by Gasteiger charge is 2.13. The van der Waals surface area contributed by atoms with Gasteiger partial charge in [-0.15, -0.1) is 0 Å². The molecule has 0 radical (unpaired) electrons. The monoisotopic (exact) mass is 238 g/mol. The van der Waals surface area contributed by atoms with E-state index in [1.54, 1.807) is 24.3 Å². The molecule has 90 valence electrons. The molecule has 3 N–H and O–H groups in total. The molecule has 0 amide bonds. The van der Waals surface area contributed by atoms with E-state index in [9.17, 15) is 8.78 Å². The van der Waals surface area contributed by atoms with Crippen molar-refractivity contribution >= 4 is 11.4 Å². The number of nitrogen functional groups attached to an aromatic ring is 1. The quantitative estimate of drug-likeness (QED) is 0.802. The van der Waals surface area contributed by atoms with Gasteiger partial charge in [0.2, 0.25) is 0 Å². The summed E-state index contributed by atoms with van der Waals surface area (Å²) in [7, 11) is 0. The van der Waals surface area contributed by atoms with E-state index in [-0.39, 0.29) is 5.56 Å². The van der Waals surface area contributed by atoms with Crippen LogP contribution in [0.2, 0.25) is 0 Å². The highest BCUT2D eigenvalue weighted by atomic mass is 19.3. The van der Waals surface area contributed by atoms with Crippen LogP contribution < -0.4 is 11.1 Å². The Morgan fingerprint density at radius 2 is 2.12 bits per heavy atom. The third-order valence-corrected chi connectivity index (χ3v) is 2.34. The van der Waals surface area contributed by atoms with E-state index < -0.39 is 6.43 Å². The summed E-state index contributed by atoms with van der Waals surface area (Å²) in [6.45, 7) is 0.358. The van der Waals surface area contributed by atoms with Crippen LogP contribution in [0, 0.1) is 0 Å². The summed E-state index contributed by atoms with van der Waals surface area (Å²) in [6.07, 6.45) is -1.02. The molecule has 2 rings (SSSR count). The Balaban J connectivity index is 2.14. The van der Waals surface area contributed by atoms with Gasteiger partial charge in [-0.1, -0.05) is 0 Å². The fourth-order valence-electron chi connectivity index (χ4n) is 1.52. The second-order valence-electron chi connectivity index (χ2n) is 3.58. The average Bonchev–Trinajstić information content (AvgIpc) is 2.80. The van der Waals surface area contributed by atoms with Crippen LogP contribution in [0.1, 0.15) is 17.7 Å². The van der Waals surface area contributed by atoms with E-state index in [0.29, 0.717) is 23.7 Å². The van der Waals surface area contributed by atoms with Gasteiger partial charge in [0.25, 0.3) is 6.43 Å². The molecule has 0 bridgehead atoms. The molecule has 0 atom stereocenters. The van der Waals surface area contributed by atoms with Gasteiger partial charge in [0.05, 0.1) is 12.8 Å². The summed E-state index contributed by atoms with van der Waals surface area (Å²) in [4.78, 5) is 0. The SMILES string of the molecule is Nc1ccc(NCc2ccco2)c(C(F)F)c1. The normalized spacial score (nSPS) is 10.8. The third kappa shape index (κ3) is 2.75. The molecule has 0 saturated carbocycles.